The Balaban J connectivity index is 2.04. The zero-order chi connectivity index (χ0) is 10.7. The zero-order valence-electron chi connectivity index (χ0n) is 8.78. The highest BCUT2D eigenvalue weighted by Gasteiger charge is 2.07. The minimum atomic E-state index is 0.646. The minimum Gasteiger partial charge on any atom is -0.339 e. The molecule has 0 aliphatic heterocycles. The molecule has 5 heteroatoms. The largest absolute Gasteiger partial charge is 0.339 e. The second kappa shape index (κ2) is 4.55. The molecule has 2 aromatic rings. The average molecular weight is 223 g/mol. The van der Waals surface area contributed by atoms with Crippen molar-refractivity contribution in [3.8, 4) is 0 Å². The fourth-order valence-electron chi connectivity index (χ4n) is 1.32. The van der Waals surface area contributed by atoms with Crippen LogP contribution in [0.1, 0.15) is 21.5 Å². The predicted molar refractivity (Wildman–Crippen MR) is 58.9 cm³/mol. The van der Waals surface area contributed by atoms with Gasteiger partial charge in [-0.25, -0.2) is 0 Å². The van der Waals surface area contributed by atoms with Crippen LogP contribution in [0.5, 0.6) is 0 Å². The molecule has 0 radical (unpaired) electrons. The Kier molecular flexibility index (Phi) is 3.13. The SMILES string of the molecule is CNCc1noc(Cc2ccc(C)s2)n1. The third-order valence-electron chi connectivity index (χ3n) is 1.97. The van der Waals surface area contributed by atoms with Gasteiger partial charge in [0, 0.05) is 9.75 Å². The summed E-state index contributed by atoms with van der Waals surface area (Å²) in [4.78, 5) is 6.83. The normalized spacial score (nSPS) is 10.8. The lowest BCUT2D eigenvalue weighted by molar-refractivity contribution is 0.379. The lowest BCUT2D eigenvalue weighted by atomic mass is 10.3. The zero-order valence-corrected chi connectivity index (χ0v) is 9.60. The highest BCUT2D eigenvalue weighted by atomic mass is 32.1. The molecule has 0 atom stereocenters. The second-order valence-corrected chi connectivity index (χ2v) is 4.70. The van der Waals surface area contributed by atoms with Gasteiger partial charge in [-0.15, -0.1) is 11.3 Å². The Labute approximate surface area is 92.3 Å². The summed E-state index contributed by atoms with van der Waals surface area (Å²) in [6, 6.07) is 4.20. The van der Waals surface area contributed by atoms with Crippen LogP contribution in [0.2, 0.25) is 0 Å². The maximum absolute atomic E-state index is 5.14. The van der Waals surface area contributed by atoms with Crippen LogP contribution in [0.4, 0.5) is 0 Å². The lowest BCUT2D eigenvalue weighted by Gasteiger charge is -1.89. The van der Waals surface area contributed by atoms with E-state index in [2.05, 4.69) is 34.5 Å². The number of nitrogens with one attached hydrogen (secondary N) is 1. The summed E-state index contributed by atoms with van der Waals surface area (Å²) in [7, 11) is 1.86. The Morgan fingerprint density at radius 2 is 2.33 bits per heavy atom. The van der Waals surface area contributed by atoms with Crippen molar-refractivity contribution in [2.45, 2.75) is 19.9 Å². The van der Waals surface area contributed by atoms with Gasteiger partial charge in [0.2, 0.25) is 5.89 Å². The van der Waals surface area contributed by atoms with E-state index in [0.29, 0.717) is 18.3 Å². The van der Waals surface area contributed by atoms with Crippen LogP contribution in [0.15, 0.2) is 16.7 Å². The van der Waals surface area contributed by atoms with Gasteiger partial charge in [-0.1, -0.05) is 5.16 Å². The van der Waals surface area contributed by atoms with Crippen LogP contribution in [-0.2, 0) is 13.0 Å². The summed E-state index contributed by atoms with van der Waals surface area (Å²) in [5.74, 6) is 1.39. The molecule has 0 aliphatic carbocycles. The van der Waals surface area contributed by atoms with Gasteiger partial charge in [-0.05, 0) is 26.1 Å². The topological polar surface area (TPSA) is 51.0 Å². The molecule has 1 N–H and O–H groups in total. The highest BCUT2D eigenvalue weighted by Crippen LogP contribution is 2.18. The Bertz CT molecular complexity index is 435. The van der Waals surface area contributed by atoms with Gasteiger partial charge >= 0.3 is 0 Å². The molecule has 0 spiro atoms. The van der Waals surface area contributed by atoms with Crippen molar-refractivity contribution in [3.63, 3.8) is 0 Å². The number of thiophene rings is 1. The summed E-state index contributed by atoms with van der Waals surface area (Å²) in [6.07, 6.45) is 0.731. The van der Waals surface area contributed by atoms with Crippen LogP contribution >= 0.6 is 11.3 Å². The standard InChI is InChI=1S/C10H13N3OS/c1-7-3-4-8(15-7)5-10-12-9(6-11-2)13-14-10/h3-4,11H,5-6H2,1-2H3. The minimum absolute atomic E-state index is 0.646. The summed E-state index contributed by atoms with van der Waals surface area (Å²) in [5, 5.41) is 6.85. The van der Waals surface area contributed by atoms with Gasteiger partial charge in [-0.3, -0.25) is 0 Å². The molecule has 2 aromatic heterocycles. The highest BCUT2D eigenvalue weighted by molar-refractivity contribution is 7.11. The number of hydrogen-bond acceptors (Lipinski definition) is 5. The molecule has 0 unspecified atom stereocenters. The predicted octanol–water partition coefficient (Wildman–Crippen LogP) is 1.75. The maximum Gasteiger partial charge on any atom is 0.231 e. The third-order valence-corrected chi connectivity index (χ3v) is 2.97. The van der Waals surface area contributed by atoms with E-state index in [1.807, 2.05) is 7.05 Å². The molecular formula is C10H13N3OS. The molecule has 0 saturated carbocycles. The van der Waals surface area contributed by atoms with E-state index < -0.39 is 0 Å². The van der Waals surface area contributed by atoms with Crippen molar-refractivity contribution < 1.29 is 4.52 Å². The molecule has 0 aromatic carbocycles. The number of aromatic nitrogens is 2. The second-order valence-electron chi connectivity index (χ2n) is 3.32. The van der Waals surface area contributed by atoms with Crippen molar-refractivity contribution in [2.24, 2.45) is 0 Å². The first kappa shape index (κ1) is 10.3. The molecule has 80 valence electrons. The molecule has 2 rings (SSSR count). The van der Waals surface area contributed by atoms with E-state index >= 15 is 0 Å². The Morgan fingerprint density at radius 1 is 1.47 bits per heavy atom. The van der Waals surface area contributed by atoms with Crippen molar-refractivity contribution in [1.82, 2.24) is 15.5 Å². The summed E-state index contributed by atoms with van der Waals surface area (Å²) >= 11 is 1.76. The molecule has 2 heterocycles. The van der Waals surface area contributed by atoms with E-state index in [0.717, 1.165) is 6.42 Å². The third kappa shape index (κ3) is 2.64. The van der Waals surface area contributed by atoms with Crippen LogP contribution in [0, 0.1) is 6.92 Å². The first-order valence-electron chi connectivity index (χ1n) is 4.79. The fourth-order valence-corrected chi connectivity index (χ4v) is 2.20. The van der Waals surface area contributed by atoms with Gasteiger partial charge in [0.1, 0.15) is 0 Å². The van der Waals surface area contributed by atoms with E-state index in [-0.39, 0.29) is 0 Å². The van der Waals surface area contributed by atoms with Gasteiger partial charge in [0.25, 0.3) is 0 Å². The van der Waals surface area contributed by atoms with E-state index in [1.54, 1.807) is 11.3 Å². The quantitative estimate of drug-likeness (QED) is 0.858. The Morgan fingerprint density at radius 3 is 3.00 bits per heavy atom. The Hall–Kier alpha value is -1.20. The van der Waals surface area contributed by atoms with Crippen molar-refractivity contribution in [2.75, 3.05) is 7.05 Å². The molecule has 15 heavy (non-hydrogen) atoms. The monoisotopic (exact) mass is 223 g/mol. The summed E-state index contributed by atoms with van der Waals surface area (Å²) < 4.78 is 5.14. The van der Waals surface area contributed by atoms with Crippen molar-refractivity contribution in [1.29, 1.82) is 0 Å². The first-order chi connectivity index (χ1) is 7.28. The molecular weight excluding hydrogens is 210 g/mol. The lowest BCUT2D eigenvalue weighted by Crippen LogP contribution is -2.06. The van der Waals surface area contributed by atoms with Gasteiger partial charge in [0.15, 0.2) is 5.82 Å². The van der Waals surface area contributed by atoms with Crippen molar-refractivity contribution in [3.05, 3.63) is 33.6 Å². The van der Waals surface area contributed by atoms with E-state index in [4.69, 9.17) is 4.52 Å². The molecule has 0 aliphatic rings. The van der Waals surface area contributed by atoms with Crippen LogP contribution < -0.4 is 5.32 Å². The van der Waals surface area contributed by atoms with Crippen LogP contribution in [-0.4, -0.2) is 17.2 Å². The van der Waals surface area contributed by atoms with E-state index in [9.17, 15) is 0 Å². The molecule has 0 fully saturated rings. The number of nitrogens with zero attached hydrogens (tertiary/aromatic N) is 2. The van der Waals surface area contributed by atoms with Crippen molar-refractivity contribution >= 4 is 11.3 Å². The van der Waals surface area contributed by atoms with Gasteiger partial charge in [0.05, 0.1) is 13.0 Å². The number of aryl methyl sites for hydroxylation is 1. The number of rotatable bonds is 4. The first-order valence-corrected chi connectivity index (χ1v) is 5.61. The molecule has 0 bridgehead atoms. The summed E-state index contributed by atoms with van der Waals surface area (Å²) in [6.45, 7) is 2.74. The molecule has 0 amide bonds. The number of hydrogen-bond donors (Lipinski definition) is 1. The van der Waals surface area contributed by atoms with E-state index in [1.165, 1.54) is 9.75 Å². The van der Waals surface area contributed by atoms with Crippen LogP contribution in [0.3, 0.4) is 0 Å². The van der Waals surface area contributed by atoms with Gasteiger partial charge < -0.3 is 9.84 Å². The average Bonchev–Trinajstić information content (AvgIpc) is 2.78. The smallest absolute Gasteiger partial charge is 0.231 e. The summed E-state index contributed by atoms with van der Waals surface area (Å²) in [5.41, 5.74) is 0. The van der Waals surface area contributed by atoms with Crippen LogP contribution in [0.25, 0.3) is 0 Å². The van der Waals surface area contributed by atoms with Gasteiger partial charge in [-0.2, -0.15) is 4.98 Å². The maximum atomic E-state index is 5.14. The molecule has 0 saturated heterocycles. The molecule has 4 nitrogen and oxygen atoms in total. The fraction of sp³-hybridized carbons (Fsp3) is 0.400.